The van der Waals surface area contributed by atoms with Crippen molar-refractivity contribution >= 4 is 5.91 Å². The Morgan fingerprint density at radius 3 is 2.77 bits per heavy atom. The number of carbonyl (C=O) groups excluding carboxylic acids is 1. The highest BCUT2D eigenvalue weighted by molar-refractivity contribution is 5.76. The van der Waals surface area contributed by atoms with Crippen LogP contribution in [0.15, 0.2) is 0 Å². The van der Waals surface area contributed by atoms with E-state index < -0.39 is 0 Å². The second-order valence-corrected chi connectivity index (χ2v) is 7.21. The van der Waals surface area contributed by atoms with E-state index >= 15 is 0 Å². The van der Waals surface area contributed by atoms with E-state index in [4.69, 9.17) is 4.74 Å². The molecule has 2 aliphatic heterocycles. The van der Waals surface area contributed by atoms with E-state index in [1.165, 1.54) is 6.42 Å². The summed E-state index contributed by atoms with van der Waals surface area (Å²) in [5.74, 6) is 0.972. The highest BCUT2D eigenvalue weighted by Gasteiger charge is 2.56. The van der Waals surface area contributed by atoms with Crippen molar-refractivity contribution in [2.75, 3.05) is 32.8 Å². The predicted molar refractivity (Wildman–Crippen MR) is 84.5 cm³/mol. The van der Waals surface area contributed by atoms with Crippen LogP contribution in [0.4, 0.5) is 0 Å². The van der Waals surface area contributed by atoms with Crippen molar-refractivity contribution in [3.05, 3.63) is 0 Å². The molecule has 1 saturated carbocycles. The quantitative estimate of drug-likeness (QED) is 0.800. The zero-order valence-electron chi connectivity index (χ0n) is 13.7. The molecule has 22 heavy (non-hydrogen) atoms. The maximum atomic E-state index is 12.4. The molecule has 0 aromatic carbocycles. The molecule has 0 radical (unpaired) electrons. The first-order chi connectivity index (χ1) is 10.7. The Labute approximate surface area is 133 Å². The van der Waals surface area contributed by atoms with E-state index in [0.29, 0.717) is 24.9 Å². The third-order valence-electron chi connectivity index (χ3n) is 6.09. The molecule has 3 fully saturated rings. The molecule has 1 aliphatic carbocycles. The molecule has 2 N–H and O–H groups in total. The third-order valence-corrected chi connectivity index (χ3v) is 6.09. The summed E-state index contributed by atoms with van der Waals surface area (Å²) in [5.41, 5.74) is -0.0812. The van der Waals surface area contributed by atoms with Gasteiger partial charge in [0.2, 0.25) is 5.91 Å². The number of hydrogen-bond acceptors (Lipinski definition) is 4. The molecule has 3 unspecified atom stereocenters. The number of nitrogens with zero attached hydrogens (tertiary/aromatic N) is 1. The van der Waals surface area contributed by atoms with Gasteiger partial charge in [-0.15, -0.1) is 0 Å². The lowest BCUT2D eigenvalue weighted by molar-refractivity contribution is -0.210. The van der Waals surface area contributed by atoms with Crippen molar-refractivity contribution in [2.45, 2.75) is 57.7 Å². The molecular weight excluding hydrogens is 280 g/mol. The van der Waals surface area contributed by atoms with Gasteiger partial charge in [0, 0.05) is 38.0 Å². The van der Waals surface area contributed by atoms with Gasteiger partial charge in [-0.05, 0) is 51.6 Å². The molecule has 1 amide bonds. The maximum absolute atomic E-state index is 12.4. The minimum Gasteiger partial charge on any atom is -0.392 e. The van der Waals surface area contributed by atoms with Crippen LogP contribution in [0.3, 0.4) is 0 Å². The molecule has 3 rings (SSSR count). The van der Waals surface area contributed by atoms with Crippen molar-refractivity contribution in [1.82, 2.24) is 10.2 Å². The number of aliphatic hydroxyl groups excluding tert-OH is 1. The molecule has 0 bridgehead atoms. The van der Waals surface area contributed by atoms with Gasteiger partial charge in [0.15, 0.2) is 0 Å². The normalized spacial score (nSPS) is 33.9. The van der Waals surface area contributed by atoms with Crippen LogP contribution in [0.1, 0.15) is 45.4 Å². The van der Waals surface area contributed by atoms with Crippen molar-refractivity contribution in [2.24, 2.45) is 11.3 Å². The summed E-state index contributed by atoms with van der Waals surface area (Å²) in [4.78, 5) is 14.4. The van der Waals surface area contributed by atoms with Gasteiger partial charge in [0.25, 0.3) is 0 Å². The molecule has 2 heterocycles. The average molecular weight is 310 g/mol. The van der Waals surface area contributed by atoms with Crippen molar-refractivity contribution < 1.29 is 14.6 Å². The van der Waals surface area contributed by atoms with Crippen LogP contribution < -0.4 is 5.32 Å². The Morgan fingerprint density at radius 2 is 2.18 bits per heavy atom. The van der Waals surface area contributed by atoms with Gasteiger partial charge in [-0.3, -0.25) is 4.79 Å². The van der Waals surface area contributed by atoms with Gasteiger partial charge >= 0.3 is 0 Å². The number of hydrogen-bond donors (Lipinski definition) is 2. The summed E-state index contributed by atoms with van der Waals surface area (Å²) < 4.78 is 5.78. The standard InChI is InChI=1S/C17H30N2O3/c1-2-22-15-11-14(20)17(15)6-9-19(10-7-17)16(21)4-3-13-5-8-18-12-13/h13-15,18,20H,2-12H2,1H3. The average Bonchev–Trinajstić information content (AvgIpc) is 3.06. The number of amides is 1. The van der Waals surface area contributed by atoms with E-state index in [-0.39, 0.29) is 17.6 Å². The Balaban J connectivity index is 1.45. The third kappa shape index (κ3) is 3.03. The van der Waals surface area contributed by atoms with Gasteiger partial charge in [0.05, 0.1) is 12.2 Å². The number of nitrogens with one attached hydrogen (secondary N) is 1. The molecule has 5 nitrogen and oxygen atoms in total. The minimum absolute atomic E-state index is 0.0812. The van der Waals surface area contributed by atoms with Crippen LogP contribution in [0.5, 0.6) is 0 Å². The summed E-state index contributed by atoms with van der Waals surface area (Å²) in [7, 11) is 0. The van der Waals surface area contributed by atoms with E-state index in [2.05, 4.69) is 5.32 Å². The highest BCUT2D eigenvalue weighted by Crippen LogP contribution is 2.50. The SMILES string of the molecule is CCOC1CC(O)C12CCN(C(=O)CCC1CCNC1)CC2. The van der Waals surface area contributed by atoms with E-state index in [9.17, 15) is 9.90 Å². The van der Waals surface area contributed by atoms with E-state index in [1.807, 2.05) is 11.8 Å². The fourth-order valence-electron chi connectivity index (χ4n) is 4.44. The molecule has 3 atom stereocenters. The number of piperidine rings is 1. The van der Waals surface area contributed by atoms with Crippen LogP contribution in [0.2, 0.25) is 0 Å². The topological polar surface area (TPSA) is 61.8 Å². The lowest BCUT2D eigenvalue weighted by Gasteiger charge is -2.56. The number of ether oxygens (including phenoxy) is 1. The fourth-order valence-corrected chi connectivity index (χ4v) is 4.44. The molecular formula is C17H30N2O3. The van der Waals surface area contributed by atoms with E-state index in [0.717, 1.165) is 51.9 Å². The van der Waals surface area contributed by atoms with Crippen LogP contribution >= 0.6 is 0 Å². The Morgan fingerprint density at radius 1 is 1.41 bits per heavy atom. The smallest absolute Gasteiger partial charge is 0.222 e. The first-order valence-corrected chi connectivity index (χ1v) is 8.94. The van der Waals surface area contributed by atoms with E-state index in [1.54, 1.807) is 0 Å². The summed E-state index contributed by atoms with van der Waals surface area (Å²) >= 11 is 0. The monoisotopic (exact) mass is 310 g/mol. The van der Waals surface area contributed by atoms with Crippen molar-refractivity contribution in [1.29, 1.82) is 0 Å². The first-order valence-electron chi connectivity index (χ1n) is 8.94. The van der Waals surface area contributed by atoms with Crippen molar-refractivity contribution in [3.8, 4) is 0 Å². The molecule has 126 valence electrons. The molecule has 0 aromatic rings. The highest BCUT2D eigenvalue weighted by atomic mass is 16.5. The summed E-state index contributed by atoms with van der Waals surface area (Å²) in [6, 6.07) is 0. The number of carbonyl (C=O) groups is 1. The molecule has 3 aliphatic rings. The number of rotatable bonds is 5. The van der Waals surface area contributed by atoms with Crippen molar-refractivity contribution in [3.63, 3.8) is 0 Å². The summed E-state index contributed by atoms with van der Waals surface area (Å²) in [6.07, 6.45) is 5.37. The van der Waals surface area contributed by atoms with Gasteiger partial charge in [-0.1, -0.05) is 0 Å². The van der Waals surface area contributed by atoms with Gasteiger partial charge in [0.1, 0.15) is 0 Å². The summed E-state index contributed by atoms with van der Waals surface area (Å²) in [5, 5.41) is 13.6. The Kier molecular flexibility index (Phi) is 5.05. The Hall–Kier alpha value is -0.650. The second kappa shape index (κ2) is 6.85. The van der Waals surface area contributed by atoms with Gasteiger partial charge < -0.3 is 20.1 Å². The lowest BCUT2D eigenvalue weighted by Crippen LogP contribution is -2.62. The van der Waals surface area contributed by atoms with Gasteiger partial charge in [-0.25, -0.2) is 0 Å². The van der Waals surface area contributed by atoms with Crippen LogP contribution in [0.25, 0.3) is 0 Å². The second-order valence-electron chi connectivity index (χ2n) is 7.21. The predicted octanol–water partition coefficient (Wildman–Crippen LogP) is 1.15. The molecule has 2 saturated heterocycles. The zero-order chi connectivity index (χ0) is 15.6. The van der Waals surface area contributed by atoms with Crippen LogP contribution in [0, 0.1) is 11.3 Å². The Bertz CT molecular complexity index is 385. The molecule has 1 spiro atoms. The molecule has 5 heteroatoms. The van der Waals surface area contributed by atoms with Gasteiger partial charge in [-0.2, -0.15) is 0 Å². The first kappa shape index (κ1) is 16.2. The fraction of sp³-hybridized carbons (Fsp3) is 0.941. The molecule has 0 aromatic heterocycles. The maximum Gasteiger partial charge on any atom is 0.222 e. The minimum atomic E-state index is -0.245. The number of aliphatic hydroxyl groups is 1. The zero-order valence-corrected chi connectivity index (χ0v) is 13.7. The van der Waals surface area contributed by atoms with Crippen LogP contribution in [-0.2, 0) is 9.53 Å². The largest absolute Gasteiger partial charge is 0.392 e. The van der Waals surface area contributed by atoms with Crippen LogP contribution in [-0.4, -0.2) is 60.9 Å². The lowest BCUT2D eigenvalue weighted by atomic mass is 9.58. The number of likely N-dealkylation sites (tertiary alicyclic amines) is 1. The summed E-state index contributed by atoms with van der Waals surface area (Å²) in [6.45, 7) is 6.44.